The van der Waals surface area contributed by atoms with Crippen molar-refractivity contribution in [2.24, 2.45) is 0 Å². The summed E-state index contributed by atoms with van der Waals surface area (Å²) >= 11 is 0. The van der Waals surface area contributed by atoms with Crippen LogP contribution in [0.4, 0.5) is 0 Å². The second-order valence-electron chi connectivity index (χ2n) is 12.8. The molecular formula is C36H41NO9. The van der Waals surface area contributed by atoms with Gasteiger partial charge in [0.1, 0.15) is 11.4 Å². The minimum absolute atomic E-state index is 0.149. The number of nitrogens with zero attached hydrogens (tertiary/aromatic N) is 1. The lowest BCUT2D eigenvalue weighted by molar-refractivity contribution is -0.177. The molecule has 2 aromatic carbocycles. The summed E-state index contributed by atoms with van der Waals surface area (Å²) < 4.78 is 34.3. The maximum absolute atomic E-state index is 14.0. The number of aliphatic hydroxyl groups is 1. The third-order valence-electron chi connectivity index (χ3n) is 9.46. The molecule has 4 aliphatic rings. The lowest BCUT2D eigenvalue weighted by Gasteiger charge is -2.39. The fourth-order valence-electron chi connectivity index (χ4n) is 7.11. The van der Waals surface area contributed by atoms with E-state index in [9.17, 15) is 14.7 Å². The maximum atomic E-state index is 14.0. The van der Waals surface area contributed by atoms with Gasteiger partial charge in [-0.2, -0.15) is 0 Å². The van der Waals surface area contributed by atoms with Crippen LogP contribution in [-0.4, -0.2) is 78.9 Å². The van der Waals surface area contributed by atoms with E-state index < -0.39 is 41.2 Å². The number of fused-ring (bicyclic) bond motifs is 3. The Kier molecular flexibility index (Phi) is 8.77. The van der Waals surface area contributed by atoms with Gasteiger partial charge in [-0.25, -0.2) is 4.79 Å². The van der Waals surface area contributed by atoms with Gasteiger partial charge in [-0.3, -0.25) is 9.69 Å². The average Bonchev–Trinajstić information content (AvgIpc) is 3.74. The van der Waals surface area contributed by atoms with Gasteiger partial charge >= 0.3 is 11.9 Å². The van der Waals surface area contributed by atoms with E-state index in [1.54, 1.807) is 21.0 Å². The third kappa shape index (κ3) is 6.07. The third-order valence-corrected chi connectivity index (χ3v) is 9.46. The zero-order chi connectivity index (χ0) is 32.5. The average molecular weight is 632 g/mol. The maximum Gasteiger partial charge on any atom is 0.340 e. The number of rotatable bonds is 9. The molecule has 0 radical (unpaired) electrons. The molecule has 0 amide bonds. The summed E-state index contributed by atoms with van der Waals surface area (Å²) in [7, 11) is 2.76. The molecule has 2 aromatic rings. The van der Waals surface area contributed by atoms with Crippen LogP contribution in [-0.2, 0) is 41.6 Å². The van der Waals surface area contributed by atoms with E-state index in [1.807, 2.05) is 42.5 Å². The number of carbonyl (C=O) groups is 2. The predicted molar refractivity (Wildman–Crippen MR) is 167 cm³/mol. The van der Waals surface area contributed by atoms with Crippen molar-refractivity contribution in [2.45, 2.75) is 81.3 Å². The van der Waals surface area contributed by atoms with Crippen LogP contribution in [0.5, 0.6) is 11.5 Å². The van der Waals surface area contributed by atoms with Gasteiger partial charge in [0.2, 0.25) is 6.79 Å². The molecule has 3 aliphatic heterocycles. The Bertz CT molecular complexity index is 1570. The van der Waals surface area contributed by atoms with Gasteiger partial charge in [-0.15, -0.1) is 0 Å². The monoisotopic (exact) mass is 631 g/mol. The molecule has 10 nitrogen and oxygen atoms in total. The van der Waals surface area contributed by atoms with Crippen LogP contribution < -0.4 is 9.47 Å². The molecule has 244 valence electrons. The normalized spacial score (nSPS) is 24.2. The van der Waals surface area contributed by atoms with Crippen LogP contribution in [0.25, 0.3) is 0 Å². The Morgan fingerprint density at radius 2 is 1.87 bits per heavy atom. The van der Waals surface area contributed by atoms with Crippen molar-refractivity contribution < 1.29 is 43.1 Å². The molecule has 0 bridgehead atoms. The molecule has 1 aliphatic carbocycles. The molecule has 1 N–H and O–H groups in total. The lowest BCUT2D eigenvalue weighted by atomic mass is 9.77. The highest BCUT2D eigenvalue weighted by Crippen LogP contribution is 2.55. The summed E-state index contributed by atoms with van der Waals surface area (Å²) in [5.74, 6) is 5.66. The minimum atomic E-state index is -2.28. The van der Waals surface area contributed by atoms with E-state index in [-0.39, 0.29) is 19.1 Å². The van der Waals surface area contributed by atoms with Crippen LogP contribution in [0, 0.1) is 11.8 Å². The zero-order valence-corrected chi connectivity index (χ0v) is 26.8. The van der Waals surface area contributed by atoms with Crippen molar-refractivity contribution in [1.82, 2.24) is 4.90 Å². The van der Waals surface area contributed by atoms with Crippen molar-refractivity contribution in [2.75, 3.05) is 34.1 Å². The van der Waals surface area contributed by atoms with Crippen LogP contribution in [0.2, 0.25) is 0 Å². The SMILES string of the molecule is COC(=O)C[C@](O)(CC#CC(C)(C)OCc1ccccc1)C(=O)O[C@@H]1C(OC)=C[C@]23CCCN2CCc2cc4c(cc2[C@H]13)OCO4. The minimum Gasteiger partial charge on any atom is -0.497 e. The molecule has 1 saturated heterocycles. The highest BCUT2D eigenvalue weighted by Gasteiger charge is 2.59. The summed E-state index contributed by atoms with van der Waals surface area (Å²) in [6.45, 7) is 5.81. The second kappa shape index (κ2) is 12.6. The van der Waals surface area contributed by atoms with E-state index in [4.69, 9.17) is 28.4 Å². The highest BCUT2D eigenvalue weighted by atomic mass is 16.7. The van der Waals surface area contributed by atoms with Crippen molar-refractivity contribution in [1.29, 1.82) is 0 Å². The smallest absolute Gasteiger partial charge is 0.340 e. The molecule has 46 heavy (non-hydrogen) atoms. The molecule has 10 heteroatoms. The zero-order valence-electron chi connectivity index (χ0n) is 26.8. The number of esters is 2. The fourth-order valence-corrected chi connectivity index (χ4v) is 7.11. The lowest BCUT2D eigenvalue weighted by Crippen LogP contribution is -2.49. The first kappa shape index (κ1) is 31.9. The largest absolute Gasteiger partial charge is 0.497 e. The van der Waals surface area contributed by atoms with Crippen LogP contribution in [0.3, 0.4) is 0 Å². The van der Waals surface area contributed by atoms with Gasteiger partial charge in [-0.1, -0.05) is 42.2 Å². The number of hydrogen-bond donors (Lipinski definition) is 1. The molecule has 1 fully saturated rings. The second-order valence-corrected chi connectivity index (χ2v) is 12.8. The first-order valence-corrected chi connectivity index (χ1v) is 15.7. The highest BCUT2D eigenvalue weighted by molar-refractivity contribution is 5.86. The Hall–Kier alpha value is -4.04. The summed E-state index contributed by atoms with van der Waals surface area (Å²) in [5, 5.41) is 11.7. The van der Waals surface area contributed by atoms with Gasteiger partial charge in [-0.05, 0) is 74.6 Å². The summed E-state index contributed by atoms with van der Waals surface area (Å²) in [6.07, 6.45) is 2.85. The van der Waals surface area contributed by atoms with E-state index in [0.29, 0.717) is 23.9 Å². The quantitative estimate of drug-likeness (QED) is 0.322. The molecule has 6 rings (SSSR count). The number of carbonyl (C=O) groups excluding carboxylic acids is 2. The van der Waals surface area contributed by atoms with Gasteiger partial charge in [0, 0.05) is 13.0 Å². The van der Waals surface area contributed by atoms with Crippen molar-refractivity contribution in [3.63, 3.8) is 0 Å². The molecule has 0 saturated carbocycles. The van der Waals surface area contributed by atoms with E-state index in [2.05, 4.69) is 22.8 Å². The number of benzene rings is 2. The molecule has 3 heterocycles. The molecule has 0 aromatic heterocycles. The number of methoxy groups -OCH3 is 2. The van der Waals surface area contributed by atoms with Gasteiger partial charge in [0.15, 0.2) is 23.2 Å². The van der Waals surface area contributed by atoms with Crippen molar-refractivity contribution in [3.05, 3.63) is 71.0 Å². The molecule has 0 unspecified atom stereocenters. The fraction of sp³-hybridized carbons (Fsp3) is 0.500. The standard InChI is InChI=1S/C36H41NO9/c1-34(2,45-22-24-10-6-5-7-11-24)13-8-15-36(40,21-30(38)42-4)33(39)46-32-29(41-3)20-35-14-9-16-37(35)17-12-25-18-27-28(44-23-43-27)19-26(25)31(32)35/h5-7,10-11,18-20,31-32,40H,9,12,14-17,21-23H2,1-4H3/t31-,32-,35+,36-/m1/s1. The first-order valence-electron chi connectivity index (χ1n) is 15.7. The van der Waals surface area contributed by atoms with Crippen molar-refractivity contribution >= 4 is 11.9 Å². The van der Waals surface area contributed by atoms with Gasteiger partial charge in [0.05, 0.1) is 38.7 Å². The topological polar surface area (TPSA) is 113 Å². The van der Waals surface area contributed by atoms with E-state index in [1.165, 1.54) is 7.11 Å². The Labute approximate surface area is 269 Å². The Morgan fingerprint density at radius 1 is 1.11 bits per heavy atom. The number of ether oxygens (including phenoxy) is 6. The molecule has 1 spiro atoms. The van der Waals surface area contributed by atoms with Crippen LogP contribution in [0.15, 0.2) is 54.3 Å². The molecule has 4 atom stereocenters. The first-order chi connectivity index (χ1) is 22.1. The van der Waals surface area contributed by atoms with Gasteiger partial charge in [0.25, 0.3) is 0 Å². The van der Waals surface area contributed by atoms with Gasteiger partial charge < -0.3 is 33.5 Å². The van der Waals surface area contributed by atoms with E-state index in [0.717, 1.165) is 49.0 Å². The Morgan fingerprint density at radius 3 is 2.61 bits per heavy atom. The summed E-state index contributed by atoms with van der Waals surface area (Å²) in [6, 6.07) is 13.7. The molecular weight excluding hydrogens is 590 g/mol. The summed E-state index contributed by atoms with van der Waals surface area (Å²) in [4.78, 5) is 28.9. The Balaban J connectivity index is 1.28. The predicted octanol–water partition coefficient (Wildman–Crippen LogP) is 4.03. The van der Waals surface area contributed by atoms with Crippen LogP contribution >= 0.6 is 0 Å². The number of hydrogen-bond acceptors (Lipinski definition) is 10. The van der Waals surface area contributed by atoms with Crippen molar-refractivity contribution in [3.8, 4) is 23.3 Å². The van der Waals surface area contributed by atoms with Crippen LogP contribution in [0.1, 0.15) is 62.1 Å². The van der Waals surface area contributed by atoms with E-state index >= 15 is 0 Å². The summed E-state index contributed by atoms with van der Waals surface area (Å²) in [5.41, 5.74) is -0.550.